The van der Waals surface area contributed by atoms with Gasteiger partial charge in [-0.2, -0.15) is 0 Å². The van der Waals surface area contributed by atoms with E-state index in [1.54, 1.807) is 6.07 Å². The number of anilines is 1. The van der Waals surface area contributed by atoms with E-state index in [2.05, 4.69) is 12.2 Å². The molecule has 1 aromatic heterocycles. The highest BCUT2D eigenvalue weighted by atomic mass is 16.2. The van der Waals surface area contributed by atoms with Crippen LogP contribution in [0.5, 0.6) is 0 Å². The summed E-state index contributed by atoms with van der Waals surface area (Å²) in [5.41, 5.74) is 3.49. The lowest BCUT2D eigenvalue weighted by Gasteiger charge is -2.12. The SMILES string of the molecule is CCc1ccc(NC(=O)Cn2c(=O)cc(C)c3ccccc32)cc1. The van der Waals surface area contributed by atoms with Gasteiger partial charge in [0.15, 0.2) is 0 Å². The van der Waals surface area contributed by atoms with Crippen molar-refractivity contribution in [1.29, 1.82) is 0 Å². The van der Waals surface area contributed by atoms with E-state index in [0.717, 1.165) is 28.6 Å². The first-order chi connectivity index (χ1) is 11.6. The monoisotopic (exact) mass is 320 g/mol. The number of carbonyl (C=O) groups is 1. The zero-order valence-electron chi connectivity index (χ0n) is 13.9. The molecule has 4 nitrogen and oxygen atoms in total. The van der Waals surface area contributed by atoms with Crippen LogP contribution in [0.15, 0.2) is 59.4 Å². The largest absolute Gasteiger partial charge is 0.325 e. The third-order valence-electron chi connectivity index (χ3n) is 4.17. The van der Waals surface area contributed by atoms with Crippen molar-refractivity contribution in [3.05, 3.63) is 76.1 Å². The Kier molecular flexibility index (Phi) is 4.47. The summed E-state index contributed by atoms with van der Waals surface area (Å²) >= 11 is 0. The second-order valence-corrected chi connectivity index (χ2v) is 5.87. The van der Waals surface area contributed by atoms with Crippen LogP contribution in [0.2, 0.25) is 0 Å². The predicted molar refractivity (Wildman–Crippen MR) is 97.4 cm³/mol. The van der Waals surface area contributed by atoms with Crippen LogP contribution in [-0.4, -0.2) is 10.5 Å². The maximum absolute atomic E-state index is 12.3. The summed E-state index contributed by atoms with van der Waals surface area (Å²) in [5.74, 6) is -0.213. The van der Waals surface area contributed by atoms with E-state index in [0.29, 0.717) is 0 Å². The fourth-order valence-electron chi connectivity index (χ4n) is 2.83. The number of benzene rings is 2. The van der Waals surface area contributed by atoms with Crippen molar-refractivity contribution in [2.75, 3.05) is 5.32 Å². The Balaban J connectivity index is 1.86. The molecule has 0 aliphatic heterocycles. The molecule has 0 fully saturated rings. The molecule has 3 aromatic rings. The molecule has 0 spiro atoms. The van der Waals surface area contributed by atoms with Gasteiger partial charge in [-0.3, -0.25) is 14.2 Å². The highest BCUT2D eigenvalue weighted by Crippen LogP contribution is 2.16. The number of rotatable bonds is 4. The minimum atomic E-state index is -0.213. The van der Waals surface area contributed by atoms with Crippen LogP contribution in [-0.2, 0) is 17.8 Å². The normalized spacial score (nSPS) is 10.8. The zero-order chi connectivity index (χ0) is 17.1. The molecule has 0 unspecified atom stereocenters. The number of para-hydroxylation sites is 1. The number of nitrogens with zero attached hydrogens (tertiary/aromatic N) is 1. The molecule has 24 heavy (non-hydrogen) atoms. The molecular formula is C20H20N2O2. The van der Waals surface area contributed by atoms with Crippen LogP contribution < -0.4 is 10.9 Å². The quantitative estimate of drug-likeness (QED) is 0.800. The molecule has 1 amide bonds. The summed E-state index contributed by atoms with van der Waals surface area (Å²) < 4.78 is 1.51. The average Bonchev–Trinajstić information content (AvgIpc) is 2.59. The van der Waals surface area contributed by atoms with Gasteiger partial charge >= 0.3 is 0 Å². The van der Waals surface area contributed by atoms with Crippen LogP contribution in [0.1, 0.15) is 18.1 Å². The number of carbonyl (C=O) groups excluding carboxylic acids is 1. The lowest BCUT2D eigenvalue weighted by Crippen LogP contribution is -2.27. The lowest BCUT2D eigenvalue weighted by molar-refractivity contribution is -0.116. The summed E-state index contributed by atoms with van der Waals surface area (Å²) in [6.45, 7) is 3.99. The Morgan fingerprint density at radius 2 is 1.79 bits per heavy atom. The van der Waals surface area contributed by atoms with Crippen molar-refractivity contribution < 1.29 is 4.79 Å². The molecule has 0 radical (unpaired) electrons. The summed E-state index contributed by atoms with van der Waals surface area (Å²) in [7, 11) is 0. The number of nitrogens with one attached hydrogen (secondary N) is 1. The molecule has 0 aliphatic rings. The topological polar surface area (TPSA) is 51.1 Å². The van der Waals surface area contributed by atoms with Gasteiger partial charge in [0.1, 0.15) is 6.54 Å². The highest BCUT2D eigenvalue weighted by Gasteiger charge is 2.10. The average molecular weight is 320 g/mol. The minimum absolute atomic E-state index is 0.00481. The first kappa shape index (κ1) is 16.0. The molecule has 4 heteroatoms. The van der Waals surface area contributed by atoms with Crippen molar-refractivity contribution in [3.8, 4) is 0 Å². The molecule has 0 bridgehead atoms. The zero-order valence-corrected chi connectivity index (χ0v) is 13.9. The first-order valence-corrected chi connectivity index (χ1v) is 8.06. The fourth-order valence-corrected chi connectivity index (χ4v) is 2.83. The van der Waals surface area contributed by atoms with E-state index in [1.165, 1.54) is 10.1 Å². The van der Waals surface area contributed by atoms with Crippen molar-refractivity contribution in [2.24, 2.45) is 0 Å². The number of amides is 1. The third kappa shape index (κ3) is 3.23. The lowest BCUT2D eigenvalue weighted by atomic mass is 10.1. The Morgan fingerprint density at radius 1 is 1.08 bits per heavy atom. The van der Waals surface area contributed by atoms with Gasteiger partial charge in [-0.1, -0.05) is 37.3 Å². The van der Waals surface area contributed by atoms with E-state index >= 15 is 0 Å². The van der Waals surface area contributed by atoms with Crippen LogP contribution in [0.25, 0.3) is 10.9 Å². The second kappa shape index (κ2) is 6.71. The molecule has 0 aliphatic carbocycles. The third-order valence-corrected chi connectivity index (χ3v) is 4.17. The van der Waals surface area contributed by atoms with E-state index in [1.807, 2.05) is 55.5 Å². The van der Waals surface area contributed by atoms with Crippen LogP contribution in [0.4, 0.5) is 5.69 Å². The van der Waals surface area contributed by atoms with Gasteiger partial charge in [0.25, 0.3) is 5.56 Å². The van der Waals surface area contributed by atoms with Gasteiger partial charge in [0, 0.05) is 17.1 Å². The van der Waals surface area contributed by atoms with Crippen LogP contribution in [0.3, 0.4) is 0 Å². The standard InChI is InChI=1S/C20H20N2O2/c1-3-15-8-10-16(11-9-15)21-19(23)13-22-18-7-5-4-6-17(18)14(2)12-20(22)24/h4-12H,3,13H2,1-2H3,(H,21,23). The van der Waals surface area contributed by atoms with Gasteiger partial charge in [0.05, 0.1) is 5.52 Å². The van der Waals surface area contributed by atoms with Gasteiger partial charge in [-0.25, -0.2) is 0 Å². The fraction of sp³-hybridized carbons (Fsp3) is 0.200. The summed E-state index contributed by atoms with van der Waals surface area (Å²) in [5, 5.41) is 3.83. The molecule has 2 aromatic carbocycles. The minimum Gasteiger partial charge on any atom is -0.325 e. The molecule has 0 saturated heterocycles. The Labute approximate surface area is 140 Å². The van der Waals surface area contributed by atoms with Gasteiger partial charge in [0.2, 0.25) is 5.91 Å². The maximum Gasteiger partial charge on any atom is 0.251 e. The van der Waals surface area contributed by atoms with Crippen molar-refractivity contribution in [2.45, 2.75) is 26.8 Å². The predicted octanol–water partition coefficient (Wildman–Crippen LogP) is 3.51. The van der Waals surface area contributed by atoms with E-state index in [-0.39, 0.29) is 18.0 Å². The summed E-state index contributed by atoms with van der Waals surface area (Å²) in [4.78, 5) is 24.7. The molecule has 3 rings (SSSR count). The first-order valence-electron chi connectivity index (χ1n) is 8.06. The number of hydrogen-bond donors (Lipinski definition) is 1. The van der Waals surface area contributed by atoms with Gasteiger partial charge in [-0.15, -0.1) is 0 Å². The van der Waals surface area contributed by atoms with Crippen LogP contribution in [0, 0.1) is 6.92 Å². The number of pyridine rings is 1. The smallest absolute Gasteiger partial charge is 0.251 e. The summed E-state index contributed by atoms with van der Waals surface area (Å²) in [6, 6.07) is 16.9. The summed E-state index contributed by atoms with van der Waals surface area (Å²) in [6.07, 6.45) is 0.957. The molecule has 0 saturated carbocycles. The Bertz CT molecular complexity index is 940. The molecule has 122 valence electrons. The molecule has 0 atom stereocenters. The van der Waals surface area contributed by atoms with E-state index in [9.17, 15) is 9.59 Å². The maximum atomic E-state index is 12.3. The number of aryl methyl sites for hydroxylation is 2. The Hall–Kier alpha value is -2.88. The Morgan fingerprint density at radius 3 is 2.50 bits per heavy atom. The molecule has 1 heterocycles. The number of aromatic nitrogens is 1. The van der Waals surface area contributed by atoms with Crippen molar-refractivity contribution in [1.82, 2.24) is 4.57 Å². The van der Waals surface area contributed by atoms with Gasteiger partial charge in [-0.05, 0) is 42.7 Å². The van der Waals surface area contributed by atoms with E-state index < -0.39 is 0 Å². The molecular weight excluding hydrogens is 300 g/mol. The number of fused-ring (bicyclic) bond motifs is 1. The molecule has 1 N–H and O–H groups in total. The van der Waals surface area contributed by atoms with Crippen molar-refractivity contribution >= 4 is 22.5 Å². The highest BCUT2D eigenvalue weighted by molar-refractivity contribution is 5.92. The van der Waals surface area contributed by atoms with Gasteiger partial charge < -0.3 is 5.32 Å². The second-order valence-electron chi connectivity index (χ2n) is 5.87. The number of hydrogen-bond acceptors (Lipinski definition) is 2. The van der Waals surface area contributed by atoms with Crippen LogP contribution >= 0.6 is 0 Å². The van der Waals surface area contributed by atoms with E-state index in [4.69, 9.17) is 0 Å². The van der Waals surface area contributed by atoms with Crippen molar-refractivity contribution in [3.63, 3.8) is 0 Å².